The van der Waals surface area contributed by atoms with E-state index in [0.29, 0.717) is 11.3 Å². The number of hydrogen-bond acceptors (Lipinski definition) is 1. The minimum absolute atomic E-state index is 0.124. The van der Waals surface area contributed by atoms with Crippen LogP contribution in [0.1, 0.15) is 29.8 Å². The summed E-state index contributed by atoms with van der Waals surface area (Å²) in [4.78, 5) is 14.1. The van der Waals surface area contributed by atoms with Crippen molar-refractivity contribution in [1.29, 1.82) is 0 Å². The summed E-state index contributed by atoms with van der Waals surface area (Å²) in [5, 5.41) is 0. The third-order valence-electron chi connectivity index (χ3n) is 3.15. The molecular weight excluding hydrogens is 253 g/mol. The quantitative estimate of drug-likeness (QED) is 0.819. The van der Waals surface area contributed by atoms with Gasteiger partial charge in [0.1, 0.15) is 5.82 Å². The Hall–Kier alpha value is -2.16. The van der Waals surface area contributed by atoms with Gasteiger partial charge in [0.15, 0.2) is 0 Å². The average molecular weight is 271 g/mol. The Kier molecular flexibility index (Phi) is 4.18. The molecule has 0 atom stereocenters. The first-order valence-corrected chi connectivity index (χ1v) is 6.65. The lowest BCUT2D eigenvalue weighted by molar-refractivity contribution is 0.0979. The molecule has 104 valence electrons. The SMILES string of the molecule is Cc1ccc(C(=O)N(c2ccccc2F)C(C)C)cc1. The van der Waals surface area contributed by atoms with Gasteiger partial charge in [-0.25, -0.2) is 4.39 Å². The first kappa shape index (κ1) is 14.3. The molecule has 0 N–H and O–H groups in total. The lowest BCUT2D eigenvalue weighted by Crippen LogP contribution is -2.37. The maximum Gasteiger partial charge on any atom is 0.258 e. The molecule has 0 radical (unpaired) electrons. The smallest absolute Gasteiger partial charge is 0.258 e. The maximum atomic E-state index is 13.9. The molecule has 0 unspecified atom stereocenters. The summed E-state index contributed by atoms with van der Waals surface area (Å²) in [5.41, 5.74) is 1.96. The van der Waals surface area contributed by atoms with Gasteiger partial charge in [-0.3, -0.25) is 4.79 Å². The van der Waals surface area contributed by atoms with Crippen molar-refractivity contribution >= 4 is 11.6 Å². The fourth-order valence-electron chi connectivity index (χ4n) is 2.10. The number of carbonyl (C=O) groups excluding carboxylic acids is 1. The van der Waals surface area contributed by atoms with Crippen molar-refractivity contribution in [2.45, 2.75) is 26.8 Å². The molecule has 0 saturated heterocycles. The van der Waals surface area contributed by atoms with E-state index in [2.05, 4.69) is 0 Å². The Morgan fingerprint density at radius 2 is 1.65 bits per heavy atom. The summed E-state index contributed by atoms with van der Waals surface area (Å²) in [7, 11) is 0. The van der Waals surface area contributed by atoms with Crippen LogP contribution in [-0.2, 0) is 0 Å². The summed E-state index contributed by atoms with van der Waals surface area (Å²) < 4.78 is 13.9. The summed E-state index contributed by atoms with van der Waals surface area (Å²) in [6, 6.07) is 13.5. The number of carbonyl (C=O) groups is 1. The molecule has 20 heavy (non-hydrogen) atoms. The van der Waals surface area contributed by atoms with Gasteiger partial charge in [0.25, 0.3) is 5.91 Å². The van der Waals surface area contributed by atoms with Gasteiger partial charge in [-0.2, -0.15) is 0 Å². The number of nitrogens with zero attached hydrogens (tertiary/aromatic N) is 1. The Labute approximate surface area is 118 Å². The zero-order valence-corrected chi connectivity index (χ0v) is 11.9. The van der Waals surface area contributed by atoms with E-state index in [-0.39, 0.29) is 17.8 Å². The van der Waals surface area contributed by atoms with Gasteiger partial charge < -0.3 is 4.90 Å². The Bertz CT molecular complexity index is 605. The molecule has 0 fully saturated rings. The molecule has 1 amide bonds. The number of aryl methyl sites for hydroxylation is 1. The third-order valence-corrected chi connectivity index (χ3v) is 3.15. The highest BCUT2D eigenvalue weighted by atomic mass is 19.1. The van der Waals surface area contributed by atoms with E-state index in [1.165, 1.54) is 11.0 Å². The first-order valence-electron chi connectivity index (χ1n) is 6.65. The number of amides is 1. The number of para-hydroxylation sites is 1. The lowest BCUT2D eigenvalue weighted by atomic mass is 10.1. The fraction of sp³-hybridized carbons (Fsp3) is 0.235. The van der Waals surface area contributed by atoms with Crippen LogP contribution >= 0.6 is 0 Å². The van der Waals surface area contributed by atoms with E-state index < -0.39 is 0 Å². The van der Waals surface area contributed by atoms with Crippen molar-refractivity contribution in [2.75, 3.05) is 4.90 Å². The van der Waals surface area contributed by atoms with Gasteiger partial charge in [-0.05, 0) is 45.0 Å². The Morgan fingerprint density at radius 1 is 1.05 bits per heavy atom. The molecule has 2 rings (SSSR count). The normalized spacial score (nSPS) is 10.7. The van der Waals surface area contributed by atoms with E-state index in [9.17, 15) is 9.18 Å². The summed E-state index contributed by atoms with van der Waals surface area (Å²) in [6.45, 7) is 5.71. The minimum Gasteiger partial charge on any atom is -0.303 e. The van der Waals surface area contributed by atoms with E-state index >= 15 is 0 Å². The van der Waals surface area contributed by atoms with E-state index in [1.807, 2.05) is 32.9 Å². The Morgan fingerprint density at radius 3 is 2.20 bits per heavy atom. The molecular formula is C17H18FNO. The van der Waals surface area contributed by atoms with Gasteiger partial charge in [-0.15, -0.1) is 0 Å². The van der Waals surface area contributed by atoms with E-state index in [4.69, 9.17) is 0 Å². The topological polar surface area (TPSA) is 20.3 Å². The van der Waals surface area contributed by atoms with Crippen LogP contribution in [0, 0.1) is 12.7 Å². The van der Waals surface area contributed by atoms with Gasteiger partial charge in [0.2, 0.25) is 0 Å². The molecule has 0 aliphatic heterocycles. The van der Waals surface area contributed by atoms with Gasteiger partial charge >= 0.3 is 0 Å². The number of anilines is 1. The molecule has 2 aromatic carbocycles. The molecule has 0 aromatic heterocycles. The number of halogens is 1. The summed E-state index contributed by atoms with van der Waals surface area (Å²) >= 11 is 0. The second-order valence-corrected chi connectivity index (χ2v) is 5.09. The molecule has 0 aliphatic rings. The van der Waals surface area contributed by atoms with Crippen LogP contribution in [0.5, 0.6) is 0 Å². The van der Waals surface area contributed by atoms with Crippen LogP contribution in [-0.4, -0.2) is 11.9 Å². The number of benzene rings is 2. The fourth-order valence-corrected chi connectivity index (χ4v) is 2.10. The van der Waals surface area contributed by atoms with Crippen LogP contribution in [0.25, 0.3) is 0 Å². The molecule has 0 bridgehead atoms. The van der Waals surface area contributed by atoms with E-state index in [0.717, 1.165) is 5.56 Å². The van der Waals surface area contributed by atoms with E-state index in [1.54, 1.807) is 30.3 Å². The summed E-state index contributed by atoms with van der Waals surface area (Å²) in [6.07, 6.45) is 0. The van der Waals surface area contributed by atoms with Crippen molar-refractivity contribution in [2.24, 2.45) is 0 Å². The molecule has 0 saturated carbocycles. The highest BCUT2D eigenvalue weighted by Gasteiger charge is 2.22. The standard InChI is InChI=1S/C17H18FNO/c1-12(2)19(16-7-5-4-6-15(16)18)17(20)14-10-8-13(3)9-11-14/h4-12H,1-3H3. The van der Waals surface area contributed by atoms with Crippen LogP contribution in [0.3, 0.4) is 0 Å². The highest BCUT2D eigenvalue weighted by Crippen LogP contribution is 2.23. The largest absolute Gasteiger partial charge is 0.303 e. The first-order chi connectivity index (χ1) is 9.50. The average Bonchev–Trinajstić information content (AvgIpc) is 2.41. The highest BCUT2D eigenvalue weighted by molar-refractivity contribution is 6.06. The predicted molar refractivity (Wildman–Crippen MR) is 79.5 cm³/mol. The second-order valence-electron chi connectivity index (χ2n) is 5.09. The van der Waals surface area contributed by atoms with Crippen molar-refractivity contribution in [1.82, 2.24) is 0 Å². The zero-order chi connectivity index (χ0) is 14.7. The molecule has 0 aliphatic carbocycles. The minimum atomic E-state index is -0.387. The molecule has 2 nitrogen and oxygen atoms in total. The van der Waals surface area contributed by atoms with Crippen LogP contribution in [0.2, 0.25) is 0 Å². The van der Waals surface area contributed by atoms with Crippen molar-refractivity contribution in [3.8, 4) is 0 Å². The van der Waals surface area contributed by atoms with Gasteiger partial charge in [0.05, 0.1) is 5.69 Å². The molecule has 0 spiro atoms. The molecule has 2 aromatic rings. The van der Waals surface area contributed by atoms with Crippen LogP contribution in [0.4, 0.5) is 10.1 Å². The third kappa shape index (κ3) is 2.87. The zero-order valence-electron chi connectivity index (χ0n) is 11.9. The number of hydrogen-bond donors (Lipinski definition) is 0. The van der Waals surface area contributed by atoms with Crippen molar-refractivity contribution in [3.05, 3.63) is 65.5 Å². The molecule has 3 heteroatoms. The van der Waals surface area contributed by atoms with Crippen LogP contribution < -0.4 is 4.90 Å². The monoisotopic (exact) mass is 271 g/mol. The summed E-state index contributed by atoms with van der Waals surface area (Å²) in [5.74, 6) is -0.577. The predicted octanol–water partition coefficient (Wildman–Crippen LogP) is 4.19. The maximum absolute atomic E-state index is 13.9. The lowest BCUT2D eigenvalue weighted by Gasteiger charge is -2.27. The second kappa shape index (κ2) is 5.87. The van der Waals surface area contributed by atoms with Crippen molar-refractivity contribution < 1.29 is 9.18 Å². The van der Waals surface area contributed by atoms with Crippen molar-refractivity contribution in [3.63, 3.8) is 0 Å². The molecule has 0 heterocycles. The Balaban J connectivity index is 2.41. The van der Waals surface area contributed by atoms with Gasteiger partial charge in [-0.1, -0.05) is 29.8 Å². The van der Waals surface area contributed by atoms with Gasteiger partial charge in [0, 0.05) is 11.6 Å². The van der Waals surface area contributed by atoms with Crippen LogP contribution in [0.15, 0.2) is 48.5 Å². The number of rotatable bonds is 3.